The van der Waals surface area contributed by atoms with E-state index in [1.165, 1.54) is 0 Å². The van der Waals surface area contributed by atoms with Crippen molar-refractivity contribution >= 4 is 21.7 Å². The molecule has 2 aliphatic heterocycles. The van der Waals surface area contributed by atoms with Gasteiger partial charge in [-0.25, -0.2) is 0 Å². The second kappa shape index (κ2) is 6.75. The maximum Gasteiger partial charge on any atom is 0.282 e. The lowest BCUT2D eigenvalue weighted by Crippen LogP contribution is -2.54. The predicted octanol–water partition coefficient (Wildman–Crippen LogP) is 0.531. The fourth-order valence-electron chi connectivity index (χ4n) is 3.72. The maximum atomic E-state index is 12.9. The molecule has 2 aliphatic rings. The molecule has 142 valence electrons. The fourth-order valence-corrected chi connectivity index (χ4v) is 5.48. The van der Waals surface area contributed by atoms with Gasteiger partial charge in [-0.1, -0.05) is 6.92 Å². The Bertz CT molecular complexity index is 889. The number of piperidine rings is 1. The normalized spacial score (nSPS) is 23.6. The van der Waals surface area contributed by atoms with Crippen LogP contribution in [0.3, 0.4) is 0 Å². The number of hydrogen-bond acceptors (Lipinski definition) is 6. The van der Waals surface area contributed by atoms with E-state index >= 15 is 0 Å². The summed E-state index contributed by atoms with van der Waals surface area (Å²) in [6.07, 6.45) is 2.05. The Kier molecular flexibility index (Phi) is 4.57. The van der Waals surface area contributed by atoms with Gasteiger partial charge in [-0.3, -0.25) is 0 Å². The van der Waals surface area contributed by atoms with Crippen molar-refractivity contribution in [2.45, 2.75) is 26.7 Å². The van der Waals surface area contributed by atoms with E-state index in [0.29, 0.717) is 50.8 Å². The van der Waals surface area contributed by atoms with E-state index in [1.54, 1.807) is 13.1 Å². The Morgan fingerprint density at radius 3 is 2.54 bits per heavy atom. The SMILES string of the molecule is Cc1nnc2ccc(N3CCN(S(=O)(=O)N4CCC[C@@H](C)C4)CC3)nn12. The van der Waals surface area contributed by atoms with Gasteiger partial charge in [-0.2, -0.15) is 21.5 Å². The Labute approximate surface area is 153 Å². The van der Waals surface area contributed by atoms with Gasteiger partial charge in [0.25, 0.3) is 10.2 Å². The highest BCUT2D eigenvalue weighted by Gasteiger charge is 2.34. The van der Waals surface area contributed by atoms with Crippen LogP contribution < -0.4 is 4.90 Å². The van der Waals surface area contributed by atoms with Crippen LogP contribution in [0.5, 0.6) is 0 Å². The number of rotatable bonds is 3. The van der Waals surface area contributed by atoms with Gasteiger partial charge in [0, 0.05) is 39.3 Å². The van der Waals surface area contributed by atoms with E-state index in [0.717, 1.165) is 24.5 Å². The highest BCUT2D eigenvalue weighted by Crippen LogP contribution is 2.22. The average Bonchev–Trinajstić information content (AvgIpc) is 3.02. The first-order valence-electron chi connectivity index (χ1n) is 9.14. The van der Waals surface area contributed by atoms with E-state index in [-0.39, 0.29) is 0 Å². The van der Waals surface area contributed by atoms with Crippen LogP contribution in [0.2, 0.25) is 0 Å². The third-order valence-corrected chi connectivity index (χ3v) is 7.24. The topological polar surface area (TPSA) is 86.9 Å². The van der Waals surface area contributed by atoms with Crippen LogP contribution in [0.25, 0.3) is 5.65 Å². The van der Waals surface area contributed by atoms with Crippen molar-refractivity contribution in [2.24, 2.45) is 5.92 Å². The minimum Gasteiger partial charge on any atom is -0.353 e. The van der Waals surface area contributed by atoms with Crippen molar-refractivity contribution in [3.05, 3.63) is 18.0 Å². The van der Waals surface area contributed by atoms with E-state index in [2.05, 4.69) is 27.1 Å². The number of aryl methyl sites for hydroxylation is 1. The smallest absolute Gasteiger partial charge is 0.282 e. The zero-order chi connectivity index (χ0) is 18.3. The summed E-state index contributed by atoms with van der Waals surface area (Å²) in [6.45, 7) is 7.47. The second-order valence-electron chi connectivity index (χ2n) is 7.21. The highest BCUT2D eigenvalue weighted by atomic mass is 32.2. The lowest BCUT2D eigenvalue weighted by atomic mass is 10.0. The molecule has 0 bridgehead atoms. The molecule has 26 heavy (non-hydrogen) atoms. The number of nitrogens with zero attached hydrogens (tertiary/aromatic N) is 7. The first-order valence-corrected chi connectivity index (χ1v) is 10.5. The summed E-state index contributed by atoms with van der Waals surface area (Å²) in [5.41, 5.74) is 0.715. The lowest BCUT2D eigenvalue weighted by Gasteiger charge is -2.39. The number of hydrogen-bond donors (Lipinski definition) is 0. The molecule has 9 nitrogen and oxygen atoms in total. The minimum atomic E-state index is -3.36. The van der Waals surface area contributed by atoms with Crippen LogP contribution in [0.1, 0.15) is 25.6 Å². The quantitative estimate of drug-likeness (QED) is 0.773. The third-order valence-electron chi connectivity index (χ3n) is 5.24. The van der Waals surface area contributed by atoms with Gasteiger partial charge in [0.15, 0.2) is 11.5 Å². The molecule has 2 aromatic heterocycles. The molecule has 4 heterocycles. The van der Waals surface area contributed by atoms with Gasteiger partial charge < -0.3 is 4.90 Å². The summed E-state index contributed by atoms with van der Waals surface area (Å²) in [6, 6.07) is 3.81. The second-order valence-corrected chi connectivity index (χ2v) is 9.14. The molecule has 0 aromatic carbocycles. The number of aromatic nitrogens is 4. The van der Waals surface area contributed by atoms with Crippen LogP contribution in [-0.2, 0) is 10.2 Å². The average molecular weight is 379 g/mol. The van der Waals surface area contributed by atoms with Crippen molar-refractivity contribution < 1.29 is 8.42 Å². The molecule has 0 radical (unpaired) electrons. The molecular weight excluding hydrogens is 354 g/mol. The highest BCUT2D eigenvalue weighted by molar-refractivity contribution is 7.86. The van der Waals surface area contributed by atoms with Gasteiger partial charge in [0.2, 0.25) is 0 Å². The first kappa shape index (κ1) is 17.6. The molecule has 10 heteroatoms. The summed E-state index contributed by atoms with van der Waals surface area (Å²) in [5.74, 6) is 1.99. The van der Waals surface area contributed by atoms with Crippen molar-refractivity contribution in [1.29, 1.82) is 0 Å². The monoisotopic (exact) mass is 379 g/mol. The third kappa shape index (κ3) is 3.17. The number of fused-ring (bicyclic) bond motifs is 1. The Hall–Kier alpha value is -1.78. The fraction of sp³-hybridized carbons (Fsp3) is 0.688. The largest absolute Gasteiger partial charge is 0.353 e. The van der Waals surface area contributed by atoms with Crippen LogP contribution in [0.4, 0.5) is 5.82 Å². The van der Waals surface area contributed by atoms with E-state index in [9.17, 15) is 8.42 Å². The molecule has 1 atom stereocenters. The van der Waals surface area contributed by atoms with E-state index < -0.39 is 10.2 Å². The molecule has 0 aliphatic carbocycles. The molecule has 2 aromatic rings. The number of piperazine rings is 1. The van der Waals surface area contributed by atoms with Crippen molar-refractivity contribution in [3.8, 4) is 0 Å². The zero-order valence-electron chi connectivity index (χ0n) is 15.2. The molecule has 0 unspecified atom stereocenters. The molecular formula is C16H25N7O2S. The Morgan fingerprint density at radius 2 is 1.81 bits per heavy atom. The van der Waals surface area contributed by atoms with Gasteiger partial charge in [-0.05, 0) is 37.8 Å². The van der Waals surface area contributed by atoms with Gasteiger partial charge >= 0.3 is 0 Å². The molecule has 0 saturated carbocycles. The molecule has 0 spiro atoms. The minimum absolute atomic E-state index is 0.433. The summed E-state index contributed by atoms with van der Waals surface area (Å²) in [4.78, 5) is 2.11. The summed E-state index contributed by atoms with van der Waals surface area (Å²) < 4.78 is 30.8. The van der Waals surface area contributed by atoms with Crippen LogP contribution >= 0.6 is 0 Å². The summed E-state index contributed by atoms with van der Waals surface area (Å²) >= 11 is 0. The van der Waals surface area contributed by atoms with Crippen molar-refractivity contribution in [1.82, 2.24) is 28.4 Å². The zero-order valence-corrected chi connectivity index (χ0v) is 16.1. The molecule has 4 rings (SSSR count). The number of anilines is 1. The molecule has 2 fully saturated rings. The standard InChI is InChI=1S/C16H25N7O2S/c1-13-4-3-7-22(12-13)26(24,25)21-10-8-20(9-11-21)16-6-5-15-18-17-14(2)23(15)19-16/h5-6,13H,3-4,7-12H2,1-2H3/t13-/m1/s1. The summed E-state index contributed by atoms with van der Waals surface area (Å²) in [7, 11) is -3.36. The van der Waals surface area contributed by atoms with Gasteiger partial charge in [0.05, 0.1) is 0 Å². The van der Waals surface area contributed by atoms with E-state index in [4.69, 9.17) is 0 Å². The predicted molar refractivity (Wildman–Crippen MR) is 98.2 cm³/mol. The first-order chi connectivity index (χ1) is 12.4. The van der Waals surface area contributed by atoms with Crippen LogP contribution in [0.15, 0.2) is 12.1 Å². The van der Waals surface area contributed by atoms with Gasteiger partial charge in [0.1, 0.15) is 5.82 Å². The van der Waals surface area contributed by atoms with Crippen molar-refractivity contribution in [3.63, 3.8) is 0 Å². The van der Waals surface area contributed by atoms with Gasteiger partial charge in [-0.15, -0.1) is 15.3 Å². The molecule has 0 N–H and O–H groups in total. The van der Waals surface area contributed by atoms with Crippen molar-refractivity contribution in [2.75, 3.05) is 44.2 Å². The molecule has 2 saturated heterocycles. The van der Waals surface area contributed by atoms with Crippen LogP contribution in [-0.4, -0.2) is 76.1 Å². The Morgan fingerprint density at radius 1 is 1.04 bits per heavy atom. The Balaban J connectivity index is 1.45. The van der Waals surface area contributed by atoms with E-state index in [1.807, 2.05) is 19.1 Å². The summed E-state index contributed by atoms with van der Waals surface area (Å²) in [5, 5.41) is 12.7. The molecule has 0 amide bonds. The van der Waals surface area contributed by atoms with Crippen LogP contribution in [0, 0.1) is 12.8 Å². The maximum absolute atomic E-state index is 12.9. The lowest BCUT2D eigenvalue weighted by molar-refractivity contribution is 0.254.